The molecule has 0 bridgehead atoms. The molecule has 1 aromatic heterocycles. The standard InChI is InChI=1S/C13H16N2O/c1-2-3-7-11-12(13(14)16)9-6-4-5-8-10(9)15-11/h4-6,8,15H,2-3,7H2,1H3,(H2,14,16). The van der Waals surface area contributed by atoms with Gasteiger partial charge in [0, 0.05) is 16.6 Å². The third kappa shape index (κ3) is 1.81. The SMILES string of the molecule is CCCCc1[nH]c2ccccc2c1C(N)=O. The van der Waals surface area contributed by atoms with Crippen LogP contribution in [-0.2, 0) is 6.42 Å². The number of fused-ring (bicyclic) bond motifs is 1. The Morgan fingerprint density at radius 2 is 2.12 bits per heavy atom. The van der Waals surface area contributed by atoms with E-state index >= 15 is 0 Å². The fraction of sp³-hybridized carbons (Fsp3) is 0.308. The second kappa shape index (κ2) is 4.39. The number of unbranched alkanes of at least 4 members (excludes halogenated alkanes) is 1. The number of nitrogens with two attached hydrogens (primary N) is 1. The highest BCUT2D eigenvalue weighted by Gasteiger charge is 2.14. The third-order valence-electron chi connectivity index (χ3n) is 2.81. The molecule has 3 N–H and O–H groups in total. The molecule has 0 atom stereocenters. The van der Waals surface area contributed by atoms with E-state index in [0.29, 0.717) is 5.56 Å². The number of aromatic amines is 1. The molecule has 1 heterocycles. The molecular formula is C13H16N2O. The highest BCUT2D eigenvalue weighted by atomic mass is 16.1. The van der Waals surface area contributed by atoms with Crippen molar-refractivity contribution in [3.8, 4) is 0 Å². The van der Waals surface area contributed by atoms with Crippen LogP contribution in [0.3, 0.4) is 0 Å². The van der Waals surface area contributed by atoms with Gasteiger partial charge in [-0.15, -0.1) is 0 Å². The van der Waals surface area contributed by atoms with Crippen LogP contribution in [0.2, 0.25) is 0 Å². The quantitative estimate of drug-likeness (QED) is 0.810. The highest BCUT2D eigenvalue weighted by Crippen LogP contribution is 2.23. The molecule has 0 aliphatic rings. The Labute approximate surface area is 94.6 Å². The zero-order valence-electron chi connectivity index (χ0n) is 9.42. The van der Waals surface area contributed by atoms with Crippen LogP contribution in [-0.4, -0.2) is 10.9 Å². The van der Waals surface area contributed by atoms with Crippen molar-refractivity contribution < 1.29 is 4.79 Å². The number of rotatable bonds is 4. The van der Waals surface area contributed by atoms with Crippen LogP contribution in [0.4, 0.5) is 0 Å². The first-order chi connectivity index (χ1) is 7.74. The molecule has 0 fully saturated rings. The number of nitrogens with one attached hydrogen (secondary N) is 1. The minimum absolute atomic E-state index is 0.344. The van der Waals surface area contributed by atoms with Crippen molar-refractivity contribution in [1.82, 2.24) is 4.98 Å². The van der Waals surface area contributed by atoms with Crippen LogP contribution >= 0.6 is 0 Å². The zero-order chi connectivity index (χ0) is 11.5. The van der Waals surface area contributed by atoms with Gasteiger partial charge in [0.05, 0.1) is 5.56 Å². The molecule has 84 valence electrons. The predicted molar refractivity (Wildman–Crippen MR) is 65.4 cm³/mol. The average Bonchev–Trinajstić information content (AvgIpc) is 2.64. The van der Waals surface area contributed by atoms with E-state index in [2.05, 4.69) is 11.9 Å². The third-order valence-corrected chi connectivity index (χ3v) is 2.81. The van der Waals surface area contributed by atoms with E-state index in [1.807, 2.05) is 24.3 Å². The number of primary amides is 1. The van der Waals surface area contributed by atoms with E-state index in [1.54, 1.807) is 0 Å². The lowest BCUT2D eigenvalue weighted by molar-refractivity contribution is 0.100. The van der Waals surface area contributed by atoms with Gasteiger partial charge in [-0.2, -0.15) is 0 Å². The van der Waals surface area contributed by atoms with Gasteiger partial charge in [0.1, 0.15) is 0 Å². The number of aryl methyl sites for hydroxylation is 1. The topological polar surface area (TPSA) is 58.9 Å². The fourth-order valence-corrected chi connectivity index (χ4v) is 2.02. The molecule has 0 saturated heterocycles. The maximum Gasteiger partial charge on any atom is 0.251 e. The van der Waals surface area contributed by atoms with E-state index in [9.17, 15) is 4.79 Å². The molecule has 0 radical (unpaired) electrons. The molecular weight excluding hydrogens is 200 g/mol. The molecule has 0 saturated carbocycles. The molecule has 2 aromatic rings. The molecule has 0 aliphatic heterocycles. The minimum Gasteiger partial charge on any atom is -0.366 e. The van der Waals surface area contributed by atoms with Gasteiger partial charge in [-0.1, -0.05) is 31.5 Å². The lowest BCUT2D eigenvalue weighted by Gasteiger charge is -1.99. The Morgan fingerprint density at radius 3 is 2.81 bits per heavy atom. The number of carbonyl (C=O) groups is 1. The Kier molecular flexibility index (Phi) is 2.95. The summed E-state index contributed by atoms with van der Waals surface area (Å²) in [6, 6.07) is 7.78. The van der Waals surface area contributed by atoms with Crippen molar-refractivity contribution in [1.29, 1.82) is 0 Å². The Morgan fingerprint density at radius 1 is 1.38 bits per heavy atom. The monoisotopic (exact) mass is 216 g/mol. The Balaban J connectivity index is 2.54. The highest BCUT2D eigenvalue weighted by molar-refractivity contribution is 6.07. The van der Waals surface area contributed by atoms with Gasteiger partial charge in [0.15, 0.2) is 0 Å². The molecule has 0 unspecified atom stereocenters. The number of aromatic nitrogens is 1. The van der Waals surface area contributed by atoms with Gasteiger partial charge in [-0.25, -0.2) is 0 Å². The molecule has 2 rings (SSSR count). The van der Waals surface area contributed by atoms with Crippen molar-refractivity contribution in [3.05, 3.63) is 35.5 Å². The van der Waals surface area contributed by atoms with Gasteiger partial charge in [0.25, 0.3) is 5.91 Å². The van der Waals surface area contributed by atoms with Crippen molar-refractivity contribution in [3.63, 3.8) is 0 Å². The van der Waals surface area contributed by atoms with Crippen LogP contribution in [0.5, 0.6) is 0 Å². The minimum atomic E-state index is -0.344. The van der Waals surface area contributed by atoms with Gasteiger partial charge in [-0.05, 0) is 18.9 Å². The molecule has 1 amide bonds. The van der Waals surface area contributed by atoms with Gasteiger partial charge in [0.2, 0.25) is 0 Å². The first-order valence-electron chi connectivity index (χ1n) is 5.63. The summed E-state index contributed by atoms with van der Waals surface area (Å²) in [5, 5.41) is 0.932. The number of carbonyl (C=O) groups excluding carboxylic acids is 1. The first-order valence-corrected chi connectivity index (χ1v) is 5.63. The van der Waals surface area contributed by atoms with Crippen molar-refractivity contribution >= 4 is 16.8 Å². The van der Waals surface area contributed by atoms with E-state index < -0.39 is 0 Å². The number of benzene rings is 1. The number of hydrogen-bond donors (Lipinski definition) is 2. The van der Waals surface area contributed by atoms with E-state index in [0.717, 1.165) is 35.9 Å². The van der Waals surface area contributed by atoms with Crippen LogP contribution in [0.15, 0.2) is 24.3 Å². The second-order valence-corrected chi connectivity index (χ2v) is 3.99. The van der Waals surface area contributed by atoms with Gasteiger partial charge < -0.3 is 10.7 Å². The molecule has 0 aliphatic carbocycles. The fourth-order valence-electron chi connectivity index (χ4n) is 2.02. The Bertz CT molecular complexity index is 514. The summed E-state index contributed by atoms with van der Waals surface area (Å²) in [5.74, 6) is -0.344. The molecule has 16 heavy (non-hydrogen) atoms. The number of H-pyrrole nitrogens is 1. The first kappa shape index (κ1) is 10.7. The van der Waals surface area contributed by atoms with Crippen molar-refractivity contribution in [2.75, 3.05) is 0 Å². The number of para-hydroxylation sites is 1. The van der Waals surface area contributed by atoms with E-state index in [4.69, 9.17) is 5.73 Å². The summed E-state index contributed by atoms with van der Waals surface area (Å²) in [7, 11) is 0. The maximum atomic E-state index is 11.5. The van der Waals surface area contributed by atoms with Crippen LogP contribution in [0.25, 0.3) is 10.9 Å². The largest absolute Gasteiger partial charge is 0.366 e. The second-order valence-electron chi connectivity index (χ2n) is 3.99. The van der Waals surface area contributed by atoms with Gasteiger partial charge in [-0.3, -0.25) is 4.79 Å². The number of hydrogen-bond acceptors (Lipinski definition) is 1. The van der Waals surface area contributed by atoms with E-state index in [-0.39, 0.29) is 5.91 Å². The zero-order valence-corrected chi connectivity index (χ0v) is 9.42. The molecule has 1 aromatic carbocycles. The molecule has 3 nitrogen and oxygen atoms in total. The summed E-state index contributed by atoms with van der Waals surface area (Å²) in [6.45, 7) is 2.13. The smallest absolute Gasteiger partial charge is 0.251 e. The summed E-state index contributed by atoms with van der Waals surface area (Å²) < 4.78 is 0. The average molecular weight is 216 g/mol. The van der Waals surface area contributed by atoms with Crippen LogP contribution < -0.4 is 5.73 Å². The lowest BCUT2D eigenvalue weighted by Crippen LogP contribution is -2.12. The number of amides is 1. The maximum absolute atomic E-state index is 11.5. The summed E-state index contributed by atoms with van der Waals surface area (Å²) >= 11 is 0. The predicted octanol–water partition coefficient (Wildman–Crippen LogP) is 2.61. The van der Waals surface area contributed by atoms with E-state index in [1.165, 1.54) is 0 Å². The normalized spacial score (nSPS) is 10.8. The molecule has 3 heteroatoms. The summed E-state index contributed by atoms with van der Waals surface area (Å²) in [5.41, 5.74) is 8.05. The molecule has 0 spiro atoms. The van der Waals surface area contributed by atoms with Crippen molar-refractivity contribution in [2.45, 2.75) is 26.2 Å². The Hall–Kier alpha value is -1.77. The summed E-state index contributed by atoms with van der Waals surface area (Å²) in [6.07, 6.45) is 3.05. The van der Waals surface area contributed by atoms with Crippen LogP contribution in [0, 0.1) is 0 Å². The van der Waals surface area contributed by atoms with Gasteiger partial charge >= 0.3 is 0 Å². The lowest BCUT2D eigenvalue weighted by atomic mass is 10.1. The van der Waals surface area contributed by atoms with Crippen molar-refractivity contribution in [2.24, 2.45) is 5.73 Å². The van der Waals surface area contributed by atoms with Crippen LogP contribution in [0.1, 0.15) is 35.8 Å². The summed E-state index contributed by atoms with van der Waals surface area (Å²) in [4.78, 5) is 14.7.